The second-order valence-electron chi connectivity index (χ2n) is 8.12. The number of nitrogens with one attached hydrogen (secondary N) is 1. The fourth-order valence-electron chi connectivity index (χ4n) is 4.02. The van der Waals surface area contributed by atoms with Crippen molar-refractivity contribution in [1.82, 2.24) is 9.88 Å². The molecule has 33 heavy (non-hydrogen) atoms. The minimum absolute atomic E-state index is 0.0511. The van der Waals surface area contributed by atoms with Gasteiger partial charge in [0.25, 0.3) is 11.6 Å². The van der Waals surface area contributed by atoms with Crippen LogP contribution in [0.5, 0.6) is 0 Å². The molecule has 4 rings (SSSR count). The molecule has 1 N–H and O–H groups in total. The Bertz CT molecular complexity index is 1300. The summed E-state index contributed by atoms with van der Waals surface area (Å²) in [7, 11) is 0. The third-order valence-electron chi connectivity index (χ3n) is 5.41. The Hall–Kier alpha value is -3.65. The van der Waals surface area contributed by atoms with Crippen molar-refractivity contribution in [3.63, 3.8) is 0 Å². The van der Waals surface area contributed by atoms with Gasteiger partial charge >= 0.3 is 0 Å². The molecule has 8 heteroatoms. The molecule has 2 aromatic carbocycles. The van der Waals surface area contributed by atoms with E-state index in [1.54, 1.807) is 12.1 Å². The van der Waals surface area contributed by atoms with Crippen LogP contribution in [-0.4, -0.2) is 20.6 Å². The molecule has 0 aliphatic carbocycles. The van der Waals surface area contributed by atoms with Gasteiger partial charge in [0.1, 0.15) is 0 Å². The highest BCUT2D eigenvalue weighted by molar-refractivity contribution is 8.18. The maximum atomic E-state index is 12.5. The van der Waals surface area contributed by atoms with Gasteiger partial charge in [-0.2, -0.15) is 0 Å². The third kappa shape index (κ3) is 4.90. The lowest BCUT2D eigenvalue weighted by Crippen LogP contribution is -2.19. The van der Waals surface area contributed by atoms with Crippen LogP contribution < -0.4 is 5.32 Å². The molecule has 1 fully saturated rings. The van der Waals surface area contributed by atoms with E-state index in [9.17, 15) is 14.9 Å². The second-order valence-corrected chi connectivity index (χ2v) is 9.15. The van der Waals surface area contributed by atoms with Crippen LogP contribution in [0.25, 0.3) is 11.8 Å². The number of aromatic nitrogens is 1. The number of carbonyl (C=O) groups is 1. The number of carbonyl (C=O) groups excluding carboxylic acids is 1. The highest BCUT2D eigenvalue weighted by Gasteiger charge is 2.24. The summed E-state index contributed by atoms with van der Waals surface area (Å²) in [5, 5.41) is 14.4. The normalized spacial score (nSPS) is 15.9. The summed E-state index contributed by atoms with van der Waals surface area (Å²) in [5.74, 6) is -0.167. The van der Waals surface area contributed by atoms with Gasteiger partial charge in [-0.15, -0.1) is 0 Å². The molecule has 7 nitrogen and oxygen atoms in total. The van der Waals surface area contributed by atoms with Crippen molar-refractivity contribution in [2.24, 2.45) is 4.99 Å². The van der Waals surface area contributed by atoms with Gasteiger partial charge in [0.15, 0.2) is 5.17 Å². The van der Waals surface area contributed by atoms with E-state index in [0.29, 0.717) is 16.6 Å². The van der Waals surface area contributed by atoms with E-state index < -0.39 is 4.92 Å². The number of amidine groups is 1. The molecule has 0 bridgehead atoms. The van der Waals surface area contributed by atoms with Crippen molar-refractivity contribution in [1.29, 1.82) is 0 Å². The average Bonchev–Trinajstić information content (AvgIpc) is 3.24. The first kappa shape index (κ1) is 22.5. The fraction of sp³-hybridized carbons (Fsp3) is 0.200. The standard InChI is InChI=1S/C25H24N4O3S/c1-15-9-16(2)11-19(10-15)14-26-25-27-24(30)23(33-25)13-20-12-17(3)28(18(20)4)21-5-7-22(8-6-21)29(31)32/h5-13H,14H2,1-4H3,(H,26,27,30)/b23-13-. The minimum atomic E-state index is -0.413. The van der Waals surface area contributed by atoms with E-state index in [1.807, 2.05) is 30.6 Å². The first-order valence-electron chi connectivity index (χ1n) is 10.5. The van der Waals surface area contributed by atoms with Crippen LogP contribution in [0.2, 0.25) is 0 Å². The summed E-state index contributed by atoms with van der Waals surface area (Å²) in [6.45, 7) is 8.56. The van der Waals surface area contributed by atoms with Gasteiger partial charge in [0, 0.05) is 29.2 Å². The maximum absolute atomic E-state index is 12.5. The lowest BCUT2D eigenvalue weighted by Gasteiger charge is -2.09. The summed E-state index contributed by atoms with van der Waals surface area (Å²) in [4.78, 5) is 28.2. The first-order chi connectivity index (χ1) is 15.7. The zero-order valence-electron chi connectivity index (χ0n) is 18.9. The topological polar surface area (TPSA) is 89.5 Å². The zero-order valence-corrected chi connectivity index (χ0v) is 19.7. The van der Waals surface area contributed by atoms with Crippen molar-refractivity contribution in [3.05, 3.63) is 97.2 Å². The summed E-state index contributed by atoms with van der Waals surface area (Å²) < 4.78 is 2.02. The highest BCUT2D eigenvalue weighted by atomic mass is 32.2. The maximum Gasteiger partial charge on any atom is 0.269 e. The SMILES string of the molecule is Cc1cc(C)cc(CN=C2NC(=O)/C(=C/c3cc(C)n(-c4ccc([N+](=O)[O-])cc4)c3C)S2)c1. The van der Waals surface area contributed by atoms with Gasteiger partial charge in [-0.05, 0) is 74.9 Å². The monoisotopic (exact) mass is 460 g/mol. The van der Waals surface area contributed by atoms with Gasteiger partial charge in [-0.1, -0.05) is 29.3 Å². The Morgan fingerprint density at radius 3 is 2.36 bits per heavy atom. The number of nitro groups is 1. The number of non-ortho nitro benzene ring substituents is 1. The molecule has 0 radical (unpaired) electrons. The Balaban J connectivity index is 1.56. The Labute approximate surface area is 196 Å². The van der Waals surface area contributed by atoms with Crippen LogP contribution >= 0.6 is 11.8 Å². The Morgan fingerprint density at radius 2 is 1.73 bits per heavy atom. The van der Waals surface area contributed by atoms with Crippen molar-refractivity contribution in [2.45, 2.75) is 34.2 Å². The quantitative estimate of drug-likeness (QED) is 0.314. The van der Waals surface area contributed by atoms with E-state index in [0.717, 1.165) is 28.2 Å². The van der Waals surface area contributed by atoms with Crippen LogP contribution in [0, 0.1) is 37.8 Å². The molecule has 1 aromatic heterocycles. The molecule has 2 heterocycles. The van der Waals surface area contributed by atoms with Crippen LogP contribution in [0.4, 0.5) is 5.69 Å². The predicted octanol–water partition coefficient (Wildman–Crippen LogP) is 5.38. The Kier molecular flexibility index (Phi) is 6.20. The van der Waals surface area contributed by atoms with Crippen LogP contribution in [-0.2, 0) is 11.3 Å². The molecule has 1 aliphatic rings. The van der Waals surface area contributed by atoms with Crippen molar-refractivity contribution < 1.29 is 9.72 Å². The molecular weight excluding hydrogens is 436 g/mol. The number of thioether (sulfide) groups is 1. The minimum Gasteiger partial charge on any atom is -0.318 e. The number of rotatable bonds is 5. The highest BCUT2D eigenvalue weighted by Crippen LogP contribution is 2.30. The van der Waals surface area contributed by atoms with Gasteiger partial charge in [-0.3, -0.25) is 19.9 Å². The number of nitrogens with zero attached hydrogens (tertiary/aromatic N) is 3. The molecular formula is C25H24N4O3S. The molecule has 1 aliphatic heterocycles. The summed E-state index contributed by atoms with van der Waals surface area (Å²) >= 11 is 1.33. The number of hydrogen-bond donors (Lipinski definition) is 1. The molecule has 3 aromatic rings. The second kappa shape index (κ2) is 9.07. The summed E-state index contributed by atoms with van der Waals surface area (Å²) in [5.41, 5.74) is 7.21. The van der Waals surface area contributed by atoms with E-state index in [4.69, 9.17) is 0 Å². The van der Waals surface area contributed by atoms with E-state index in [2.05, 4.69) is 42.4 Å². The molecule has 1 amide bonds. The zero-order chi connectivity index (χ0) is 23.7. The van der Waals surface area contributed by atoms with Gasteiger partial charge < -0.3 is 9.88 Å². The molecule has 0 spiro atoms. The number of aryl methyl sites for hydroxylation is 3. The van der Waals surface area contributed by atoms with Crippen molar-refractivity contribution >= 4 is 34.6 Å². The van der Waals surface area contributed by atoms with Gasteiger partial charge in [-0.25, -0.2) is 0 Å². The number of nitro benzene ring substituents is 1. The van der Waals surface area contributed by atoms with E-state index in [-0.39, 0.29) is 11.6 Å². The Morgan fingerprint density at radius 1 is 1.06 bits per heavy atom. The van der Waals surface area contributed by atoms with Crippen LogP contribution in [0.3, 0.4) is 0 Å². The van der Waals surface area contributed by atoms with Gasteiger partial charge in [0.2, 0.25) is 0 Å². The molecule has 0 unspecified atom stereocenters. The fourth-order valence-corrected chi connectivity index (χ4v) is 4.83. The number of benzene rings is 2. The van der Waals surface area contributed by atoms with Gasteiger partial charge in [0.05, 0.1) is 16.4 Å². The summed E-state index contributed by atoms with van der Waals surface area (Å²) in [6, 6.07) is 14.8. The lowest BCUT2D eigenvalue weighted by atomic mass is 10.1. The molecule has 0 saturated carbocycles. The van der Waals surface area contributed by atoms with Crippen LogP contribution in [0.1, 0.15) is 33.6 Å². The van der Waals surface area contributed by atoms with E-state index in [1.165, 1.54) is 35.0 Å². The van der Waals surface area contributed by atoms with E-state index >= 15 is 0 Å². The van der Waals surface area contributed by atoms with Crippen LogP contribution in [0.15, 0.2) is 58.4 Å². The molecule has 0 atom stereocenters. The average molecular weight is 461 g/mol. The first-order valence-corrected chi connectivity index (χ1v) is 11.3. The number of hydrogen-bond acceptors (Lipinski definition) is 5. The van der Waals surface area contributed by atoms with Crippen molar-refractivity contribution in [2.75, 3.05) is 0 Å². The predicted molar refractivity (Wildman–Crippen MR) is 133 cm³/mol. The smallest absolute Gasteiger partial charge is 0.269 e. The number of amides is 1. The molecule has 1 saturated heterocycles. The molecule has 168 valence electrons. The third-order valence-corrected chi connectivity index (χ3v) is 6.36. The van der Waals surface area contributed by atoms with Crippen molar-refractivity contribution in [3.8, 4) is 5.69 Å². The largest absolute Gasteiger partial charge is 0.318 e. The number of aliphatic imine (C=N–C) groups is 1. The lowest BCUT2D eigenvalue weighted by molar-refractivity contribution is -0.384. The summed E-state index contributed by atoms with van der Waals surface area (Å²) in [6.07, 6.45) is 1.86.